The van der Waals surface area contributed by atoms with Crippen LogP contribution in [0.2, 0.25) is 5.02 Å². The molecule has 1 unspecified atom stereocenters. The third-order valence-corrected chi connectivity index (χ3v) is 3.96. The molecule has 4 heteroatoms. The molecule has 2 nitrogen and oxygen atoms in total. The van der Waals surface area contributed by atoms with Crippen molar-refractivity contribution in [2.75, 3.05) is 18.0 Å². The van der Waals surface area contributed by atoms with Gasteiger partial charge in [-0.25, -0.2) is 0 Å². The average molecular weight is 290 g/mol. The predicted octanol–water partition coefficient (Wildman–Crippen LogP) is 3.49. The Bertz CT molecular complexity index is 332. The Kier molecular flexibility index (Phi) is 3.87. The van der Waals surface area contributed by atoms with Gasteiger partial charge in [0, 0.05) is 30.3 Å². The highest BCUT2D eigenvalue weighted by atomic mass is 79.9. The van der Waals surface area contributed by atoms with Crippen molar-refractivity contribution in [3.8, 4) is 0 Å². The minimum atomic E-state index is 0.656. The molecule has 1 aromatic heterocycles. The normalized spacial score (nSPS) is 22.5. The first kappa shape index (κ1) is 11.2. The van der Waals surface area contributed by atoms with E-state index < -0.39 is 0 Å². The van der Waals surface area contributed by atoms with E-state index in [-0.39, 0.29) is 0 Å². The SMILES string of the molecule is Clc1cnccc1N1CCCC(Br)CC1. The summed E-state index contributed by atoms with van der Waals surface area (Å²) in [6, 6.07) is 2.00. The lowest BCUT2D eigenvalue weighted by Crippen LogP contribution is -2.24. The Morgan fingerprint density at radius 3 is 3.07 bits per heavy atom. The molecule has 1 atom stereocenters. The van der Waals surface area contributed by atoms with Crippen LogP contribution in [0.3, 0.4) is 0 Å². The van der Waals surface area contributed by atoms with Crippen LogP contribution < -0.4 is 4.90 Å². The smallest absolute Gasteiger partial charge is 0.0822 e. The molecule has 1 fully saturated rings. The number of anilines is 1. The lowest BCUT2D eigenvalue weighted by Gasteiger charge is -2.23. The fourth-order valence-corrected chi connectivity index (χ4v) is 2.69. The maximum atomic E-state index is 6.13. The van der Waals surface area contributed by atoms with E-state index in [4.69, 9.17) is 11.6 Å². The summed E-state index contributed by atoms with van der Waals surface area (Å²) in [6.45, 7) is 2.16. The van der Waals surface area contributed by atoms with Crippen molar-refractivity contribution >= 4 is 33.2 Å². The molecule has 1 aromatic rings. The Morgan fingerprint density at radius 2 is 2.27 bits per heavy atom. The van der Waals surface area contributed by atoms with E-state index in [1.54, 1.807) is 12.4 Å². The Labute approximate surface area is 104 Å². The molecule has 0 bridgehead atoms. The van der Waals surface area contributed by atoms with E-state index in [9.17, 15) is 0 Å². The lowest BCUT2D eigenvalue weighted by molar-refractivity contribution is 0.754. The van der Waals surface area contributed by atoms with Crippen LogP contribution in [-0.4, -0.2) is 22.9 Å². The predicted molar refractivity (Wildman–Crippen MR) is 68.0 cm³/mol. The van der Waals surface area contributed by atoms with Gasteiger partial charge in [-0.15, -0.1) is 0 Å². The van der Waals surface area contributed by atoms with Crippen molar-refractivity contribution in [3.63, 3.8) is 0 Å². The van der Waals surface area contributed by atoms with Crippen LogP contribution in [0.25, 0.3) is 0 Å². The largest absolute Gasteiger partial charge is 0.370 e. The first-order valence-corrected chi connectivity index (χ1v) is 6.55. The Morgan fingerprint density at radius 1 is 1.40 bits per heavy atom. The molecule has 0 aliphatic carbocycles. The summed E-state index contributed by atoms with van der Waals surface area (Å²) >= 11 is 9.82. The van der Waals surface area contributed by atoms with Crippen LogP contribution in [-0.2, 0) is 0 Å². The number of hydrogen-bond donors (Lipinski definition) is 0. The fourth-order valence-electron chi connectivity index (χ4n) is 1.92. The second-order valence-corrected chi connectivity index (χ2v) is 5.54. The lowest BCUT2D eigenvalue weighted by atomic mass is 10.2. The molecule has 0 N–H and O–H groups in total. The van der Waals surface area contributed by atoms with E-state index in [0.717, 1.165) is 23.8 Å². The molecule has 1 aliphatic heterocycles. The molecule has 1 aliphatic rings. The maximum absolute atomic E-state index is 6.13. The van der Waals surface area contributed by atoms with Gasteiger partial charge in [0.05, 0.1) is 10.7 Å². The zero-order chi connectivity index (χ0) is 10.7. The Balaban J connectivity index is 2.13. The topological polar surface area (TPSA) is 16.1 Å². The molecule has 82 valence electrons. The molecular weight excluding hydrogens is 275 g/mol. The first-order valence-electron chi connectivity index (χ1n) is 5.26. The van der Waals surface area contributed by atoms with Crippen molar-refractivity contribution < 1.29 is 0 Å². The molecule has 2 heterocycles. The molecule has 0 saturated carbocycles. The highest BCUT2D eigenvalue weighted by Crippen LogP contribution is 2.27. The zero-order valence-corrected chi connectivity index (χ0v) is 10.8. The summed E-state index contributed by atoms with van der Waals surface area (Å²) in [5.74, 6) is 0. The first-order chi connectivity index (χ1) is 7.27. The summed E-state index contributed by atoms with van der Waals surface area (Å²) in [6.07, 6.45) is 7.16. The molecule has 15 heavy (non-hydrogen) atoms. The van der Waals surface area contributed by atoms with Crippen LogP contribution in [0.5, 0.6) is 0 Å². The van der Waals surface area contributed by atoms with Crippen LogP contribution >= 0.6 is 27.5 Å². The van der Waals surface area contributed by atoms with Crippen molar-refractivity contribution in [3.05, 3.63) is 23.5 Å². The van der Waals surface area contributed by atoms with Gasteiger partial charge in [-0.05, 0) is 25.3 Å². The van der Waals surface area contributed by atoms with Crippen LogP contribution in [0.1, 0.15) is 19.3 Å². The van der Waals surface area contributed by atoms with Crippen LogP contribution in [0.4, 0.5) is 5.69 Å². The zero-order valence-electron chi connectivity index (χ0n) is 8.50. The van der Waals surface area contributed by atoms with Gasteiger partial charge in [0.15, 0.2) is 0 Å². The van der Waals surface area contributed by atoms with Gasteiger partial charge in [0.25, 0.3) is 0 Å². The minimum absolute atomic E-state index is 0.656. The monoisotopic (exact) mass is 288 g/mol. The number of rotatable bonds is 1. The van der Waals surface area contributed by atoms with Gasteiger partial charge in [-0.2, -0.15) is 0 Å². The van der Waals surface area contributed by atoms with Crippen molar-refractivity contribution in [1.29, 1.82) is 0 Å². The van der Waals surface area contributed by atoms with Crippen molar-refractivity contribution in [2.45, 2.75) is 24.1 Å². The second kappa shape index (κ2) is 5.17. The quantitative estimate of drug-likeness (QED) is 0.736. The van der Waals surface area contributed by atoms with Crippen LogP contribution in [0, 0.1) is 0 Å². The average Bonchev–Trinajstić information content (AvgIpc) is 2.44. The highest BCUT2D eigenvalue weighted by molar-refractivity contribution is 9.09. The van der Waals surface area contributed by atoms with Crippen LogP contribution in [0.15, 0.2) is 18.5 Å². The number of halogens is 2. The number of pyridine rings is 1. The summed E-state index contributed by atoms with van der Waals surface area (Å²) in [7, 11) is 0. The molecule has 0 spiro atoms. The summed E-state index contributed by atoms with van der Waals surface area (Å²) < 4.78 is 0. The van der Waals surface area contributed by atoms with Gasteiger partial charge in [-0.3, -0.25) is 4.98 Å². The molecule has 0 aromatic carbocycles. The standard InChI is InChI=1S/C11H14BrClN2/c12-9-2-1-6-15(7-4-9)11-3-5-14-8-10(11)13/h3,5,8-9H,1-2,4,6-7H2. The molecule has 1 saturated heterocycles. The van der Waals surface area contributed by atoms with Gasteiger partial charge < -0.3 is 4.90 Å². The second-order valence-electron chi connectivity index (χ2n) is 3.84. The van der Waals surface area contributed by atoms with E-state index >= 15 is 0 Å². The van der Waals surface area contributed by atoms with E-state index in [1.165, 1.54) is 19.3 Å². The van der Waals surface area contributed by atoms with Gasteiger partial charge >= 0.3 is 0 Å². The molecule has 0 amide bonds. The minimum Gasteiger partial charge on any atom is -0.370 e. The van der Waals surface area contributed by atoms with Crippen molar-refractivity contribution in [2.24, 2.45) is 0 Å². The maximum Gasteiger partial charge on any atom is 0.0822 e. The van der Waals surface area contributed by atoms with E-state index in [0.29, 0.717) is 4.83 Å². The van der Waals surface area contributed by atoms with Gasteiger partial charge in [0.2, 0.25) is 0 Å². The fraction of sp³-hybridized carbons (Fsp3) is 0.545. The number of nitrogens with zero attached hydrogens (tertiary/aromatic N) is 2. The van der Waals surface area contributed by atoms with Crippen molar-refractivity contribution in [1.82, 2.24) is 4.98 Å². The number of hydrogen-bond acceptors (Lipinski definition) is 2. The summed E-state index contributed by atoms with van der Waals surface area (Å²) in [4.78, 5) is 7.02. The summed E-state index contributed by atoms with van der Waals surface area (Å²) in [5.41, 5.74) is 1.12. The van der Waals surface area contributed by atoms with E-state index in [2.05, 4.69) is 25.8 Å². The third-order valence-electron chi connectivity index (χ3n) is 2.75. The number of aromatic nitrogens is 1. The number of alkyl halides is 1. The molecule has 2 rings (SSSR count). The Hall–Kier alpha value is -0.280. The van der Waals surface area contributed by atoms with Gasteiger partial charge in [-0.1, -0.05) is 27.5 Å². The molecular formula is C11H14BrClN2. The summed E-state index contributed by atoms with van der Waals surface area (Å²) in [5, 5.41) is 0.755. The third kappa shape index (κ3) is 2.85. The van der Waals surface area contributed by atoms with Gasteiger partial charge in [0.1, 0.15) is 0 Å². The molecule has 0 radical (unpaired) electrons. The highest BCUT2D eigenvalue weighted by Gasteiger charge is 2.16. The van der Waals surface area contributed by atoms with E-state index in [1.807, 2.05) is 6.07 Å².